The summed E-state index contributed by atoms with van der Waals surface area (Å²) in [6.45, 7) is 1.82. The van der Waals surface area contributed by atoms with E-state index in [1.165, 1.54) is 11.8 Å². The van der Waals surface area contributed by atoms with E-state index in [0.717, 1.165) is 4.90 Å². The van der Waals surface area contributed by atoms with Crippen molar-refractivity contribution in [2.75, 3.05) is 17.7 Å². The zero-order valence-electron chi connectivity index (χ0n) is 16.5. The number of carbonyl (C=O) groups excluding carboxylic acids is 2. The van der Waals surface area contributed by atoms with Crippen LogP contribution in [-0.2, 0) is 4.79 Å². The van der Waals surface area contributed by atoms with Crippen LogP contribution in [0.1, 0.15) is 17.3 Å². The number of benzene rings is 3. The van der Waals surface area contributed by atoms with Gasteiger partial charge in [0, 0.05) is 16.1 Å². The van der Waals surface area contributed by atoms with Gasteiger partial charge in [-0.2, -0.15) is 0 Å². The minimum atomic E-state index is -0.353. The number of nitrogens with one attached hydrogen (secondary N) is 2. The van der Waals surface area contributed by atoms with Gasteiger partial charge >= 0.3 is 0 Å². The summed E-state index contributed by atoms with van der Waals surface area (Å²) >= 11 is 7.50. The Morgan fingerprint density at radius 2 is 1.70 bits per heavy atom. The van der Waals surface area contributed by atoms with Crippen LogP contribution in [0.25, 0.3) is 0 Å². The number of para-hydroxylation sites is 1. The number of amides is 2. The molecule has 1 unspecified atom stereocenters. The van der Waals surface area contributed by atoms with Crippen LogP contribution in [0.15, 0.2) is 77.7 Å². The maximum Gasteiger partial charge on any atom is 0.255 e. The Morgan fingerprint density at radius 3 is 2.40 bits per heavy atom. The summed E-state index contributed by atoms with van der Waals surface area (Å²) in [5, 5.41) is 5.85. The first-order valence-electron chi connectivity index (χ1n) is 9.24. The average molecular weight is 441 g/mol. The molecular weight excluding hydrogens is 420 g/mol. The molecule has 5 nitrogen and oxygen atoms in total. The van der Waals surface area contributed by atoms with E-state index in [9.17, 15) is 9.59 Å². The normalized spacial score (nSPS) is 11.4. The molecule has 0 aliphatic carbocycles. The number of thioether (sulfide) groups is 1. The molecule has 2 N–H and O–H groups in total. The van der Waals surface area contributed by atoms with Crippen molar-refractivity contribution in [2.45, 2.75) is 17.1 Å². The van der Waals surface area contributed by atoms with Crippen LogP contribution >= 0.6 is 23.4 Å². The van der Waals surface area contributed by atoms with Crippen LogP contribution in [0.4, 0.5) is 11.4 Å². The average Bonchev–Trinajstić information content (AvgIpc) is 2.75. The molecule has 0 fully saturated rings. The van der Waals surface area contributed by atoms with Gasteiger partial charge in [0.25, 0.3) is 5.91 Å². The fraction of sp³-hybridized carbons (Fsp3) is 0.130. The highest BCUT2D eigenvalue weighted by Gasteiger charge is 2.16. The molecule has 0 radical (unpaired) electrons. The van der Waals surface area contributed by atoms with E-state index in [4.69, 9.17) is 16.3 Å². The second-order valence-electron chi connectivity index (χ2n) is 6.44. The second-order valence-corrected chi connectivity index (χ2v) is 8.26. The van der Waals surface area contributed by atoms with E-state index < -0.39 is 0 Å². The number of halogens is 1. The van der Waals surface area contributed by atoms with Crippen LogP contribution in [0.2, 0.25) is 5.02 Å². The molecule has 30 heavy (non-hydrogen) atoms. The highest BCUT2D eigenvalue weighted by Crippen LogP contribution is 2.28. The molecule has 7 heteroatoms. The smallest absolute Gasteiger partial charge is 0.255 e. The minimum Gasteiger partial charge on any atom is -0.497 e. The van der Waals surface area contributed by atoms with Crippen molar-refractivity contribution in [3.05, 3.63) is 83.4 Å². The summed E-state index contributed by atoms with van der Waals surface area (Å²) in [6.07, 6.45) is 0. The lowest BCUT2D eigenvalue weighted by Crippen LogP contribution is -2.22. The summed E-state index contributed by atoms with van der Waals surface area (Å²) in [7, 11) is 1.58. The summed E-state index contributed by atoms with van der Waals surface area (Å²) < 4.78 is 5.11. The predicted octanol–water partition coefficient (Wildman–Crippen LogP) is 5.72. The van der Waals surface area contributed by atoms with Crippen molar-refractivity contribution in [2.24, 2.45) is 0 Å². The molecule has 2 amide bonds. The van der Waals surface area contributed by atoms with Crippen molar-refractivity contribution in [3.63, 3.8) is 0 Å². The molecule has 3 rings (SSSR count). The molecule has 1 atom stereocenters. The molecule has 3 aromatic rings. The summed E-state index contributed by atoms with van der Waals surface area (Å²) in [6, 6.07) is 21.4. The minimum absolute atomic E-state index is 0.152. The van der Waals surface area contributed by atoms with Gasteiger partial charge in [0.05, 0.1) is 23.1 Å². The third-order valence-corrected chi connectivity index (χ3v) is 5.68. The largest absolute Gasteiger partial charge is 0.497 e. The predicted molar refractivity (Wildman–Crippen MR) is 123 cm³/mol. The van der Waals surface area contributed by atoms with Crippen LogP contribution < -0.4 is 15.4 Å². The molecule has 0 aromatic heterocycles. The fourth-order valence-electron chi connectivity index (χ4n) is 2.65. The van der Waals surface area contributed by atoms with Gasteiger partial charge in [-0.05, 0) is 61.5 Å². The molecule has 0 saturated carbocycles. The fourth-order valence-corrected chi connectivity index (χ4v) is 3.76. The highest BCUT2D eigenvalue weighted by molar-refractivity contribution is 8.00. The number of ether oxygens (including phenoxy) is 1. The summed E-state index contributed by atoms with van der Waals surface area (Å²) in [5.74, 6) is 0.319. The Bertz CT molecular complexity index is 1040. The van der Waals surface area contributed by atoms with Crippen molar-refractivity contribution >= 4 is 46.6 Å². The standard InChI is InChI=1S/C23H21ClN2O3S/c1-15(22(27)26-21-9-4-3-8-20(21)24)30-19-7-5-6-17(14-19)25-23(28)16-10-12-18(29-2)13-11-16/h3-15H,1-2H3,(H,25,28)(H,26,27). The molecule has 0 aliphatic heterocycles. The molecule has 0 aliphatic rings. The first kappa shape index (κ1) is 21.7. The van der Waals surface area contributed by atoms with Gasteiger partial charge in [0.1, 0.15) is 5.75 Å². The number of hydrogen-bond donors (Lipinski definition) is 2. The quantitative estimate of drug-likeness (QED) is 0.461. The van der Waals surface area contributed by atoms with E-state index in [1.807, 2.05) is 37.3 Å². The zero-order valence-corrected chi connectivity index (χ0v) is 18.1. The second kappa shape index (κ2) is 10.2. The van der Waals surface area contributed by atoms with Gasteiger partial charge < -0.3 is 15.4 Å². The van der Waals surface area contributed by atoms with Gasteiger partial charge in [0.2, 0.25) is 5.91 Å². The maximum atomic E-state index is 12.5. The van der Waals surface area contributed by atoms with Gasteiger partial charge in [-0.15, -0.1) is 11.8 Å². The monoisotopic (exact) mass is 440 g/mol. The lowest BCUT2D eigenvalue weighted by molar-refractivity contribution is -0.115. The third kappa shape index (κ3) is 5.78. The van der Waals surface area contributed by atoms with E-state index in [0.29, 0.717) is 27.7 Å². The lowest BCUT2D eigenvalue weighted by Gasteiger charge is -2.14. The van der Waals surface area contributed by atoms with Gasteiger partial charge in [-0.3, -0.25) is 9.59 Å². The van der Waals surface area contributed by atoms with Crippen molar-refractivity contribution < 1.29 is 14.3 Å². The lowest BCUT2D eigenvalue weighted by atomic mass is 10.2. The molecule has 0 bridgehead atoms. The molecule has 0 saturated heterocycles. The Morgan fingerprint density at radius 1 is 0.967 bits per heavy atom. The van der Waals surface area contributed by atoms with Gasteiger partial charge in [0.15, 0.2) is 0 Å². The van der Waals surface area contributed by atoms with E-state index in [2.05, 4.69) is 10.6 Å². The first-order chi connectivity index (χ1) is 14.5. The molecule has 3 aromatic carbocycles. The number of rotatable bonds is 7. The number of anilines is 2. The SMILES string of the molecule is COc1ccc(C(=O)Nc2cccc(SC(C)C(=O)Nc3ccccc3Cl)c2)cc1. The Hall–Kier alpha value is -2.96. The van der Waals surface area contributed by atoms with Crippen LogP contribution in [0.5, 0.6) is 5.75 Å². The van der Waals surface area contributed by atoms with Crippen LogP contribution in [-0.4, -0.2) is 24.2 Å². The zero-order chi connectivity index (χ0) is 21.5. The van der Waals surface area contributed by atoms with Crippen molar-refractivity contribution in [1.29, 1.82) is 0 Å². The third-order valence-electron chi connectivity index (χ3n) is 4.26. The molecular formula is C23H21ClN2O3S. The number of hydrogen-bond acceptors (Lipinski definition) is 4. The Balaban J connectivity index is 1.62. The number of carbonyl (C=O) groups is 2. The Kier molecular flexibility index (Phi) is 7.38. The first-order valence-corrected chi connectivity index (χ1v) is 10.5. The number of methoxy groups -OCH3 is 1. The highest BCUT2D eigenvalue weighted by atomic mass is 35.5. The van der Waals surface area contributed by atoms with E-state index >= 15 is 0 Å². The molecule has 0 spiro atoms. The Labute approximate surface area is 184 Å². The van der Waals surface area contributed by atoms with Crippen LogP contribution in [0, 0.1) is 0 Å². The summed E-state index contributed by atoms with van der Waals surface area (Å²) in [5.41, 5.74) is 1.76. The van der Waals surface area contributed by atoms with E-state index in [-0.39, 0.29) is 17.1 Å². The molecule has 154 valence electrons. The maximum absolute atomic E-state index is 12.5. The summed E-state index contributed by atoms with van der Waals surface area (Å²) in [4.78, 5) is 25.8. The molecule has 0 heterocycles. The van der Waals surface area contributed by atoms with Crippen molar-refractivity contribution in [3.8, 4) is 5.75 Å². The van der Waals surface area contributed by atoms with Crippen LogP contribution in [0.3, 0.4) is 0 Å². The van der Waals surface area contributed by atoms with Crippen molar-refractivity contribution in [1.82, 2.24) is 0 Å². The topological polar surface area (TPSA) is 67.4 Å². The van der Waals surface area contributed by atoms with E-state index in [1.54, 1.807) is 49.6 Å². The van der Waals surface area contributed by atoms with Gasteiger partial charge in [-0.1, -0.05) is 29.8 Å². The van der Waals surface area contributed by atoms with Gasteiger partial charge in [-0.25, -0.2) is 0 Å².